The molecule has 3 aliphatic rings. The van der Waals surface area contributed by atoms with Crippen molar-refractivity contribution in [3.8, 4) is 5.75 Å². The number of likely N-dealkylation sites (tertiary alicyclic amines) is 1. The number of nitrogens with zero attached hydrogens (tertiary/aromatic N) is 1. The summed E-state index contributed by atoms with van der Waals surface area (Å²) in [7, 11) is 0. The minimum absolute atomic E-state index is 0.0472. The van der Waals surface area contributed by atoms with Crippen LogP contribution in [0, 0.1) is 0 Å². The van der Waals surface area contributed by atoms with Crippen molar-refractivity contribution in [2.45, 2.75) is 50.6 Å². The largest absolute Gasteiger partial charge is 0.507 e. The molecule has 150 valence electrons. The van der Waals surface area contributed by atoms with Gasteiger partial charge in [-0.05, 0) is 48.1 Å². The Bertz CT molecular complexity index is 988. The number of benzene rings is 1. The molecule has 1 saturated carbocycles. The van der Waals surface area contributed by atoms with Crippen molar-refractivity contribution in [2.24, 2.45) is 0 Å². The van der Waals surface area contributed by atoms with Gasteiger partial charge in [0, 0.05) is 22.9 Å². The topological polar surface area (TPSA) is 66.8 Å². The van der Waals surface area contributed by atoms with E-state index in [2.05, 4.69) is 0 Å². The van der Waals surface area contributed by atoms with Gasteiger partial charge in [0.25, 0.3) is 11.7 Å². The van der Waals surface area contributed by atoms with Crippen molar-refractivity contribution in [2.75, 3.05) is 6.61 Å². The van der Waals surface area contributed by atoms with Crippen LogP contribution in [0.4, 0.5) is 0 Å². The SMILES string of the molecule is O=C1C(=O)N(C2CCCCC2)C(c2cccs2)/C1=C(/O)c1ccc2c(c1)CCO2. The lowest BCUT2D eigenvalue weighted by Gasteiger charge is -2.34. The van der Waals surface area contributed by atoms with Crippen LogP contribution in [-0.2, 0) is 16.0 Å². The van der Waals surface area contributed by atoms with Gasteiger partial charge in [-0.25, -0.2) is 0 Å². The van der Waals surface area contributed by atoms with E-state index in [1.807, 2.05) is 29.6 Å². The first-order valence-electron chi connectivity index (χ1n) is 10.2. The zero-order chi connectivity index (χ0) is 20.0. The third-order valence-electron chi connectivity index (χ3n) is 6.22. The third-order valence-corrected chi connectivity index (χ3v) is 7.15. The van der Waals surface area contributed by atoms with E-state index >= 15 is 0 Å². The average Bonchev–Trinajstić information content (AvgIpc) is 3.48. The highest BCUT2D eigenvalue weighted by atomic mass is 32.1. The van der Waals surface area contributed by atoms with Gasteiger partial charge in [-0.1, -0.05) is 25.3 Å². The fourth-order valence-electron chi connectivity index (χ4n) is 4.80. The van der Waals surface area contributed by atoms with E-state index in [1.165, 1.54) is 17.8 Å². The average molecular weight is 410 g/mol. The number of ketones is 1. The van der Waals surface area contributed by atoms with Crippen LogP contribution in [0.1, 0.15) is 54.1 Å². The van der Waals surface area contributed by atoms with E-state index in [1.54, 1.807) is 11.0 Å². The predicted octanol–water partition coefficient (Wildman–Crippen LogP) is 4.44. The number of hydrogen-bond donors (Lipinski definition) is 1. The van der Waals surface area contributed by atoms with Gasteiger partial charge >= 0.3 is 0 Å². The summed E-state index contributed by atoms with van der Waals surface area (Å²) >= 11 is 1.52. The number of fused-ring (bicyclic) bond motifs is 1. The molecular weight excluding hydrogens is 386 g/mol. The van der Waals surface area contributed by atoms with Crippen LogP contribution in [0.5, 0.6) is 5.75 Å². The second-order valence-electron chi connectivity index (χ2n) is 7.93. The minimum Gasteiger partial charge on any atom is -0.507 e. The van der Waals surface area contributed by atoms with Crippen LogP contribution in [0.3, 0.4) is 0 Å². The molecule has 5 nitrogen and oxygen atoms in total. The molecule has 1 amide bonds. The Morgan fingerprint density at radius 3 is 2.72 bits per heavy atom. The van der Waals surface area contributed by atoms with Crippen LogP contribution in [0.25, 0.3) is 5.76 Å². The summed E-state index contributed by atoms with van der Waals surface area (Å²) in [5.74, 6) is -0.335. The number of amides is 1. The lowest BCUT2D eigenvalue weighted by atomic mass is 9.92. The molecule has 5 rings (SSSR count). The number of Topliss-reactive ketones (excluding diaryl/α,β-unsaturated/α-hetero) is 1. The fraction of sp³-hybridized carbons (Fsp3) is 0.391. The highest BCUT2D eigenvalue weighted by molar-refractivity contribution is 7.10. The highest BCUT2D eigenvalue weighted by Crippen LogP contribution is 2.44. The van der Waals surface area contributed by atoms with Gasteiger partial charge in [0.15, 0.2) is 0 Å². The molecular formula is C23H23NO4S. The fourth-order valence-corrected chi connectivity index (χ4v) is 5.63. The molecule has 1 aliphatic carbocycles. The smallest absolute Gasteiger partial charge is 0.295 e. The number of thiophene rings is 1. The number of rotatable bonds is 3. The first-order chi connectivity index (χ1) is 14.1. The number of carbonyl (C=O) groups excluding carboxylic acids is 2. The third kappa shape index (κ3) is 3.06. The minimum atomic E-state index is -0.580. The van der Waals surface area contributed by atoms with Gasteiger partial charge in [-0.2, -0.15) is 0 Å². The lowest BCUT2D eigenvalue weighted by molar-refractivity contribution is -0.141. The zero-order valence-electron chi connectivity index (χ0n) is 16.1. The van der Waals surface area contributed by atoms with Gasteiger partial charge in [-0.15, -0.1) is 11.3 Å². The molecule has 1 saturated heterocycles. The van der Waals surface area contributed by atoms with Crippen molar-refractivity contribution in [1.29, 1.82) is 0 Å². The van der Waals surface area contributed by atoms with Crippen LogP contribution in [-0.4, -0.2) is 34.3 Å². The lowest BCUT2D eigenvalue weighted by Crippen LogP contribution is -2.40. The standard InChI is InChI=1S/C23H23NO4S/c25-21(15-8-9-17-14(13-15)10-11-28-17)19-20(18-7-4-12-29-18)24(23(27)22(19)26)16-5-2-1-3-6-16/h4,7-9,12-13,16,20,25H,1-3,5-6,10-11H2/b21-19-. The van der Waals surface area contributed by atoms with Crippen LogP contribution < -0.4 is 4.74 Å². The van der Waals surface area contributed by atoms with Crippen molar-refractivity contribution < 1.29 is 19.4 Å². The second-order valence-corrected chi connectivity index (χ2v) is 8.91. The molecule has 1 aromatic carbocycles. The summed E-state index contributed by atoms with van der Waals surface area (Å²) in [6, 6.07) is 8.87. The first-order valence-corrected chi connectivity index (χ1v) is 11.1. The number of aliphatic hydroxyl groups is 1. The number of hydrogen-bond acceptors (Lipinski definition) is 5. The van der Waals surface area contributed by atoms with Crippen molar-refractivity contribution >= 4 is 28.8 Å². The highest BCUT2D eigenvalue weighted by Gasteiger charge is 2.49. The molecule has 6 heteroatoms. The molecule has 0 radical (unpaired) electrons. The van der Waals surface area contributed by atoms with Crippen molar-refractivity contribution in [3.05, 3.63) is 57.3 Å². The Kier molecular flexibility index (Phi) is 4.66. The molecule has 0 spiro atoms. The summed E-state index contributed by atoms with van der Waals surface area (Å²) in [6.07, 6.45) is 5.89. The van der Waals surface area contributed by atoms with E-state index in [-0.39, 0.29) is 17.4 Å². The molecule has 2 aliphatic heterocycles. The summed E-state index contributed by atoms with van der Waals surface area (Å²) in [6.45, 7) is 0.626. The molecule has 0 bridgehead atoms. The Balaban J connectivity index is 1.62. The first kappa shape index (κ1) is 18.4. The van der Waals surface area contributed by atoms with Crippen LogP contribution >= 0.6 is 11.3 Å². The second kappa shape index (κ2) is 7.34. The van der Waals surface area contributed by atoms with Gasteiger partial charge in [0.05, 0.1) is 18.2 Å². The molecule has 2 aromatic rings. The summed E-state index contributed by atoms with van der Waals surface area (Å²) in [4.78, 5) is 28.8. The van der Waals surface area contributed by atoms with Gasteiger partial charge < -0.3 is 14.7 Å². The zero-order valence-corrected chi connectivity index (χ0v) is 16.9. The number of carbonyl (C=O) groups is 2. The number of aliphatic hydroxyl groups excluding tert-OH is 1. The summed E-state index contributed by atoms with van der Waals surface area (Å²) in [5.41, 5.74) is 1.79. The maximum absolute atomic E-state index is 13.1. The quantitative estimate of drug-likeness (QED) is 0.462. The van der Waals surface area contributed by atoms with Crippen molar-refractivity contribution in [1.82, 2.24) is 4.90 Å². The molecule has 1 N–H and O–H groups in total. The Morgan fingerprint density at radius 1 is 1.14 bits per heavy atom. The molecule has 2 fully saturated rings. The van der Waals surface area contributed by atoms with Crippen molar-refractivity contribution in [3.63, 3.8) is 0 Å². The molecule has 1 unspecified atom stereocenters. The number of ether oxygens (including phenoxy) is 1. The van der Waals surface area contributed by atoms with E-state index in [9.17, 15) is 14.7 Å². The van der Waals surface area contributed by atoms with Gasteiger partial charge in [-0.3, -0.25) is 9.59 Å². The Morgan fingerprint density at radius 2 is 1.97 bits per heavy atom. The molecule has 1 atom stereocenters. The van der Waals surface area contributed by atoms with E-state index in [4.69, 9.17) is 4.74 Å². The molecule has 29 heavy (non-hydrogen) atoms. The van der Waals surface area contributed by atoms with E-state index in [0.29, 0.717) is 12.2 Å². The van der Waals surface area contributed by atoms with E-state index in [0.717, 1.165) is 48.3 Å². The van der Waals surface area contributed by atoms with E-state index < -0.39 is 17.7 Å². The van der Waals surface area contributed by atoms with Crippen LogP contribution in [0.15, 0.2) is 41.3 Å². The van der Waals surface area contributed by atoms with Crippen LogP contribution in [0.2, 0.25) is 0 Å². The van der Waals surface area contributed by atoms with Gasteiger partial charge in [0.2, 0.25) is 0 Å². The molecule has 3 heterocycles. The van der Waals surface area contributed by atoms with Gasteiger partial charge in [0.1, 0.15) is 11.5 Å². The summed E-state index contributed by atoms with van der Waals surface area (Å²) < 4.78 is 5.55. The maximum Gasteiger partial charge on any atom is 0.295 e. The Hall–Kier alpha value is -2.60. The monoisotopic (exact) mass is 409 g/mol. The summed E-state index contributed by atoms with van der Waals surface area (Å²) in [5, 5.41) is 13.1. The predicted molar refractivity (Wildman–Crippen MR) is 111 cm³/mol. The maximum atomic E-state index is 13.1. The normalized spacial score (nSPS) is 24.0. The Labute approximate surface area is 173 Å². The molecule has 1 aromatic heterocycles.